The number of amides is 1. The summed E-state index contributed by atoms with van der Waals surface area (Å²) in [5.74, 6) is 1.97. The Morgan fingerprint density at radius 2 is 1.83 bits per heavy atom. The summed E-state index contributed by atoms with van der Waals surface area (Å²) in [6.07, 6.45) is 5.73. The van der Waals surface area contributed by atoms with Crippen molar-refractivity contribution >= 4 is 28.9 Å². The molecule has 0 atom stereocenters. The Labute approximate surface area is 239 Å². The van der Waals surface area contributed by atoms with Crippen LogP contribution in [0.4, 0.5) is 16.6 Å². The molecule has 11 heteroatoms. The normalized spacial score (nSPS) is 16.1. The molecule has 0 bridgehead atoms. The van der Waals surface area contributed by atoms with Gasteiger partial charge in [-0.25, -0.2) is 19.7 Å². The molecule has 41 heavy (non-hydrogen) atoms. The highest BCUT2D eigenvalue weighted by Gasteiger charge is 2.26. The van der Waals surface area contributed by atoms with E-state index in [9.17, 15) is 4.79 Å². The molecule has 3 aromatic heterocycles. The van der Waals surface area contributed by atoms with Gasteiger partial charge in [-0.15, -0.1) is 0 Å². The summed E-state index contributed by atoms with van der Waals surface area (Å²) in [5.41, 5.74) is 4.14. The lowest BCUT2D eigenvalue weighted by molar-refractivity contribution is 0.0139. The third-order valence-electron chi connectivity index (χ3n) is 7.06. The predicted octanol–water partition coefficient (Wildman–Crippen LogP) is 5.00. The summed E-state index contributed by atoms with van der Waals surface area (Å²) in [6, 6.07) is 12.3. The summed E-state index contributed by atoms with van der Waals surface area (Å²) in [4.78, 5) is 37.8. The molecule has 11 nitrogen and oxygen atoms in total. The molecule has 1 aliphatic heterocycles. The summed E-state index contributed by atoms with van der Waals surface area (Å²) >= 11 is 0. The summed E-state index contributed by atoms with van der Waals surface area (Å²) in [7, 11) is 0. The quantitative estimate of drug-likeness (QED) is 0.309. The van der Waals surface area contributed by atoms with Crippen LogP contribution in [-0.2, 0) is 11.3 Å². The molecule has 0 radical (unpaired) electrons. The Balaban J connectivity index is 1.07. The Morgan fingerprint density at radius 3 is 2.61 bits per heavy atom. The zero-order valence-corrected chi connectivity index (χ0v) is 23.8. The van der Waals surface area contributed by atoms with Crippen molar-refractivity contribution in [3.8, 4) is 17.3 Å². The van der Waals surface area contributed by atoms with Crippen LogP contribution >= 0.6 is 0 Å². The first-order valence-corrected chi connectivity index (χ1v) is 14.2. The number of hydrogen-bond donors (Lipinski definition) is 2. The molecule has 2 aliphatic rings. The highest BCUT2D eigenvalue weighted by molar-refractivity contribution is 5.83. The molecule has 0 spiro atoms. The van der Waals surface area contributed by atoms with Crippen molar-refractivity contribution in [2.45, 2.75) is 45.8 Å². The minimum atomic E-state index is -0.484. The van der Waals surface area contributed by atoms with E-state index in [0.29, 0.717) is 43.4 Å². The number of piperazine rings is 1. The molecule has 1 aromatic carbocycles. The molecule has 2 N–H and O–H groups in total. The number of rotatable bonds is 8. The van der Waals surface area contributed by atoms with Crippen molar-refractivity contribution in [2.75, 3.05) is 38.1 Å². The second-order valence-corrected chi connectivity index (χ2v) is 11.7. The minimum Gasteiger partial charge on any atom is -0.463 e. The van der Waals surface area contributed by atoms with Crippen LogP contribution in [0.3, 0.4) is 0 Å². The highest BCUT2D eigenvalue weighted by Crippen LogP contribution is 2.29. The second kappa shape index (κ2) is 11.3. The maximum absolute atomic E-state index is 12.4. The molecular weight excluding hydrogens is 520 g/mol. The van der Waals surface area contributed by atoms with Crippen LogP contribution in [0, 0.1) is 5.92 Å². The van der Waals surface area contributed by atoms with Crippen molar-refractivity contribution in [1.29, 1.82) is 0 Å². The van der Waals surface area contributed by atoms with E-state index >= 15 is 0 Å². The number of fused-ring (bicyclic) bond motifs is 1. The van der Waals surface area contributed by atoms with Gasteiger partial charge in [0.15, 0.2) is 0 Å². The van der Waals surface area contributed by atoms with Crippen LogP contribution in [0.2, 0.25) is 0 Å². The minimum absolute atomic E-state index is 0.245. The van der Waals surface area contributed by atoms with Crippen LogP contribution < -0.4 is 10.1 Å². The molecule has 1 saturated carbocycles. The number of H-pyrrole nitrogens is 1. The van der Waals surface area contributed by atoms with E-state index < -0.39 is 5.60 Å². The van der Waals surface area contributed by atoms with Crippen molar-refractivity contribution in [2.24, 2.45) is 5.92 Å². The van der Waals surface area contributed by atoms with Gasteiger partial charge in [0.25, 0.3) is 0 Å². The number of nitrogens with zero attached hydrogens (tertiary/aromatic N) is 6. The second-order valence-electron chi connectivity index (χ2n) is 11.7. The SMILES string of the molecule is CC(C)(C)OC(=O)N1CCN(Cc2ccnc(Nc3nc4ccc(-c5ccnc(OCC6CC6)n5)cc4[nH]3)c2)CC1. The van der Waals surface area contributed by atoms with Gasteiger partial charge in [-0.05, 0) is 75.4 Å². The molecule has 1 saturated heterocycles. The van der Waals surface area contributed by atoms with Crippen LogP contribution in [0.5, 0.6) is 6.01 Å². The van der Waals surface area contributed by atoms with E-state index in [4.69, 9.17) is 9.47 Å². The van der Waals surface area contributed by atoms with Gasteiger partial charge in [0.2, 0.25) is 5.95 Å². The smallest absolute Gasteiger partial charge is 0.410 e. The van der Waals surface area contributed by atoms with Crippen LogP contribution in [0.15, 0.2) is 48.8 Å². The molecule has 0 unspecified atom stereocenters. The Bertz CT molecular complexity index is 1520. The summed E-state index contributed by atoms with van der Waals surface area (Å²) in [6.45, 7) is 9.99. The number of anilines is 2. The zero-order chi connectivity index (χ0) is 28.4. The van der Waals surface area contributed by atoms with Crippen molar-refractivity contribution in [3.63, 3.8) is 0 Å². The number of carbonyl (C=O) groups excluding carboxylic acids is 1. The van der Waals surface area contributed by atoms with Gasteiger partial charge in [-0.3, -0.25) is 4.90 Å². The fourth-order valence-electron chi connectivity index (χ4n) is 4.71. The summed E-state index contributed by atoms with van der Waals surface area (Å²) in [5, 5.41) is 3.30. The standard InChI is InChI=1S/C30H36N8O3/c1-30(2,3)41-29(39)38-14-12-37(13-15-38)18-21-8-10-31-26(16-21)36-27-33-24-7-6-22(17-25(24)34-27)23-9-11-32-28(35-23)40-19-20-4-5-20/h6-11,16-17,20H,4-5,12-15,18-19H2,1-3H3,(H2,31,33,34,36). The Hall–Kier alpha value is -4.25. The van der Waals surface area contributed by atoms with Gasteiger partial charge < -0.3 is 24.7 Å². The van der Waals surface area contributed by atoms with Gasteiger partial charge in [0.05, 0.1) is 23.3 Å². The van der Waals surface area contributed by atoms with E-state index in [1.165, 1.54) is 12.8 Å². The average molecular weight is 557 g/mol. The fourth-order valence-corrected chi connectivity index (χ4v) is 4.71. The first kappa shape index (κ1) is 26.9. The van der Waals surface area contributed by atoms with E-state index in [1.807, 2.05) is 57.2 Å². The molecule has 4 heterocycles. The predicted molar refractivity (Wildman–Crippen MR) is 156 cm³/mol. The van der Waals surface area contributed by atoms with Gasteiger partial charge in [0.1, 0.15) is 11.4 Å². The fraction of sp³-hybridized carbons (Fsp3) is 0.433. The van der Waals surface area contributed by atoms with Crippen LogP contribution in [-0.4, -0.2) is 79.2 Å². The summed E-state index contributed by atoms with van der Waals surface area (Å²) < 4.78 is 11.3. The van der Waals surface area contributed by atoms with Crippen molar-refractivity contribution in [1.82, 2.24) is 34.7 Å². The van der Waals surface area contributed by atoms with Gasteiger partial charge in [-0.2, -0.15) is 4.98 Å². The van der Waals surface area contributed by atoms with E-state index in [-0.39, 0.29) is 6.09 Å². The van der Waals surface area contributed by atoms with Crippen molar-refractivity contribution < 1.29 is 14.3 Å². The molecular formula is C30H36N8O3. The monoisotopic (exact) mass is 556 g/mol. The highest BCUT2D eigenvalue weighted by atomic mass is 16.6. The largest absolute Gasteiger partial charge is 0.463 e. The molecule has 6 rings (SSSR count). The number of hydrogen-bond acceptors (Lipinski definition) is 9. The Morgan fingerprint density at radius 1 is 1.02 bits per heavy atom. The number of carbonyl (C=O) groups is 1. The van der Waals surface area contributed by atoms with Crippen LogP contribution in [0.25, 0.3) is 22.3 Å². The number of ether oxygens (including phenoxy) is 2. The topological polar surface area (TPSA) is 121 Å². The number of pyridine rings is 1. The molecule has 4 aromatic rings. The first-order valence-electron chi connectivity index (χ1n) is 14.2. The van der Waals surface area contributed by atoms with E-state index in [2.05, 4.69) is 35.1 Å². The van der Waals surface area contributed by atoms with Gasteiger partial charge in [-0.1, -0.05) is 6.07 Å². The third-order valence-corrected chi connectivity index (χ3v) is 7.06. The molecule has 214 valence electrons. The van der Waals surface area contributed by atoms with E-state index in [1.54, 1.807) is 17.3 Å². The first-order chi connectivity index (χ1) is 19.8. The number of aromatic nitrogens is 5. The van der Waals surface area contributed by atoms with Crippen LogP contribution in [0.1, 0.15) is 39.2 Å². The maximum Gasteiger partial charge on any atom is 0.410 e. The molecule has 1 aliphatic carbocycles. The van der Waals surface area contributed by atoms with Crippen molar-refractivity contribution in [3.05, 3.63) is 54.4 Å². The Kier molecular flexibility index (Phi) is 7.44. The maximum atomic E-state index is 12.4. The lowest BCUT2D eigenvalue weighted by atomic mass is 10.1. The van der Waals surface area contributed by atoms with E-state index in [0.717, 1.165) is 47.5 Å². The van der Waals surface area contributed by atoms with Gasteiger partial charge >= 0.3 is 12.1 Å². The number of benzene rings is 1. The van der Waals surface area contributed by atoms with Gasteiger partial charge in [0, 0.05) is 50.7 Å². The molecule has 2 fully saturated rings. The number of aromatic amines is 1. The third kappa shape index (κ3) is 7.10. The lowest BCUT2D eigenvalue weighted by Crippen LogP contribution is -2.49. The molecule has 1 amide bonds. The number of nitrogens with one attached hydrogen (secondary N) is 2. The lowest BCUT2D eigenvalue weighted by Gasteiger charge is -2.35. The number of imidazole rings is 1. The average Bonchev–Trinajstić information content (AvgIpc) is 3.69. The zero-order valence-electron chi connectivity index (χ0n) is 23.8.